The number of fused-ring (bicyclic) bond motifs is 1. The van der Waals surface area contributed by atoms with Gasteiger partial charge in [-0.05, 0) is 43.7 Å². The van der Waals surface area contributed by atoms with E-state index in [1.807, 2.05) is 0 Å². The van der Waals surface area contributed by atoms with Crippen molar-refractivity contribution in [2.24, 2.45) is 5.73 Å². The number of H-pyrrole nitrogens is 1. The van der Waals surface area contributed by atoms with Crippen molar-refractivity contribution in [3.8, 4) is 11.3 Å². The molecule has 0 aliphatic rings. The SMILES string of the molecule is Cc1cc2[nH]nc(-c3cccc(F)c3)c2cc1C(=O)N[C@@H](C)C(N)=O. The van der Waals surface area contributed by atoms with E-state index in [1.54, 1.807) is 31.2 Å². The summed E-state index contributed by atoms with van der Waals surface area (Å²) in [6.45, 7) is 3.30. The fourth-order valence-electron chi connectivity index (χ4n) is 2.62. The largest absolute Gasteiger partial charge is 0.368 e. The molecule has 1 aromatic heterocycles. The van der Waals surface area contributed by atoms with Crippen LogP contribution in [0.1, 0.15) is 22.8 Å². The number of aryl methyl sites for hydroxylation is 1. The highest BCUT2D eigenvalue weighted by Gasteiger charge is 2.18. The smallest absolute Gasteiger partial charge is 0.252 e. The summed E-state index contributed by atoms with van der Waals surface area (Å²) in [5.74, 6) is -1.39. The topological polar surface area (TPSA) is 101 Å². The third-order valence-corrected chi connectivity index (χ3v) is 4.02. The number of benzene rings is 2. The number of rotatable bonds is 4. The van der Waals surface area contributed by atoms with E-state index in [4.69, 9.17) is 5.73 Å². The molecule has 0 unspecified atom stereocenters. The van der Waals surface area contributed by atoms with E-state index in [0.717, 1.165) is 11.1 Å². The van der Waals surface area contributed by atoms with Crippen LogP contribution in [0.25, 0.3) is 22.2 Å². The van der Waals surface area contributed by atoms with Gasteiger partial charge in [0.1, 0.15) is 17.6 Å². The maximum absolute atomic E-state index is 13.5. The third-order valence-electron chi connectivity index (χ3n) is 4.02. The Morgan fingerprint density at radius 1 is 1.28 bits per heavy atom. The zero-order valence-electron chi connectivity index (χ0n) is 13.8. The van der Waals surface area contributed by atoms with Crippen molar-refractivity contribution in [1.82, 2.24) is 15.5 Å². The summed E-state index contributed by atoms with van der Waals surface area (Å²) in [5.41, 5.74) is 8.19. The van der Waals surface area contributed by atoms with Gasteiger partial charge in [-0.1, -0.05) is 12.1 Å². The second-order valence-electron chi connectivity index (χ2n) is 5.89. The number of nitrogens with one attached hydrogen (secondary N) is 2. The van der Waals surface area contributed by atoms with Gasteiger partial charge < -0.3 is 11.1 Å². The Hall–Kier alpha value is -3.22. The van der Waals surface area contributed by atoms with Gasteiger partial charge in [0.05, 0.1) is 5.52 Å². The molecule has 0 saturated heterocycles. The lowest BCUT2D eigenvalue weighted by atomic mass is 10.0. The Kier molecular flexibility index (Phi) is 4.22. The van der Waals surface area contributed by atoms with Gasteiger partial charge >= 0.3 is 0 Å². The summed E-state index contributed by atoms with van der Waals surface area (Å²) in [7, 11) is 0. The van der Waals surface area contributed by atoms with E-state index < -0.39 is 17.9 Å². The van der Waals surface area contributed by atoms with Crippen LogP contribution in [0.2, 0.25) is 0 Å². The van der Waals surface area contributed by atoms with Crippen LogP contribution in [0.15, 0.2) is 36.4 Å². The molecule has 0 aliphatic heterocycles. The van der Waals surface area contributed by atoms with Crippen LogP contribution >= 0.6 is 0 Å². The first kappa shape index (κ1) is 16.6. The molecule has 3 aromatic rings. The van der Waals surface area contributed by atoms with Gasteiger partial charge in [-0.3, -0.25) is 14.7 Å². The zero-order valence-corrected chi connectivity index (χ0v) is 13.8. The van der Waals surface area contributed by atoms with Gasteiger partial charge in [0.15, 0.2) is 0 Å². The van der Waals surface area contributed by atoms with E-state index >= 15 is 0 Å². The molecular weight excluding hydrogens is 323 g/mol. The van der Waals surface area contributed by atoms with Crippen molar-refractivity contribution < 1.29 is 14.0 Å². The van der Waals surface area contributed by atoms with Crippen molar-refractivity contribution in [3.05, 3.63) is 53.3 Å². The average molecular weight is 340 g/mol. The first-order valence-electron chi connectivity index (χ1n) is 7.71. The predicted octanol–water partition coefficient (Wildman–Crippen LogP) is 2.28. The molecule has 0 saturated carbocycles. The van der Waals surface area contributed by atoms with Crippen LogP contribution in [0.5, 0.6) is 0 Å². The van der Waals surface area contributed by atoms with E-state index in [2.05, 4.69) is 15.5 Å². The number of halogens is 1. The first-order valence-corrected chi connectivity index (χ1v) is 7.71. The first-order chi connectivity index (χ1) is 11.9. The molecule has 1 heterocycles. The highest BCUT2D eigenvalue weighted by atomic mass is 19.1. The van der Waals surface area contributed by atoms with Crippen molar-refractivity contribution >= 4 is 22.7 Å². The highest BCUT2D eigenvalue weighted by Crippen LogP contribution is 2.29. The second-order valence-corrected chi connectivity index (χ2v) is 5.89. The van der Waals surface area contributed by atoms with E-state index in [-0.39, 0.29) is 5.82 Å². The summed E-state index contributed by atoms with van der Waals surface area (Å²) in [6, 6.07) is 8.76. The average Bonchev–Trinajstić information content (AvgIpc) is 2.96. The normalized spacial score (nSPS) is 12.1. The van der Waals surface area contributed by atoms with Crippen molar-refractivity contribution in [1.29, 1.82) is 0 Å². The summed E-state index contributed by atoms with van der Waals surface area (Å²) in [6.07, 6.45) is 0. The monoisotopic (exact) mass is 340 g/mol. The minimum Gasteiger partial charge on any atom is -0.368 e. The van der Waals surface area contributed by atoms with Crippen LogP contribution in [0.3, 0.4) is 0 Å². The Bertz CT molecular complexity index is 980. The zero-order chi connectivity index (χ0) is 18.1. The second kappa shape index (κ2) is 6.35. The van der Waals surface area contributed by atoms with Gasteiger partial charge in [-0.2, -0.15) is 5.10 Å². The number of nitrogens with zero attached hydrogens (tertiary/aromatic N) is 1. The Balaban J connectivity index is 2.07. The molecule has 6 nitrogen and oxygen atoms in total. The maximum Gasteiger partial charge on any atom is 0.252 e. The molecule has 0 aliphatic carbocycles. The van der Waals surface area contributed by atoms with Gasteiger partial charge in [-0.25, -0.2) is 4.39 Å². The van der Waals surface area contributed by atoms with Crippen LogP contribution in [-0.4, -0.2) is 28.1 Å². The van der Waals surface area contributed by atoms with Crippen LogP contribution in [-0.2, 0) is 4.79 Å². The lowest BCUT2D eigenvalue weighted by molar-refractivity contribution is -0.119. The van der Waals surface area contributed by atoms with Gasteiger partial charge in [0, 0.05) is 16.5 Å². The lowest BCUT2D eigenvalue weighted by Crippen LogP contribution is -2.42. The minimum absolute atomic E-state index is 0.367. The number of primary amides is 1. The molecule has 128 valence electrons. The molecule has 3 rings (SSSR count). The van der Waals surface area contributed by atoms with Crippen LogP contribution in [0, 0.1) is 12.7 Å². The quantitative estimate of drug-likeness (QED) is 0.679. The van der Waals surface area contributed by atoms with E-state index in [1.165, 1.54) is 19.1 Å². The number of hydrogen-bond acceptors (Lipinski definition) is 3. The fraction of sp³-hybridized carbons (Fsp3) is 0.167. The highest BCUT2D eigenvalue weighted by molar-refractivity contribution is 6.04. The van der Waals surface area contributed by atoms with E-state index in [9.17, 15) is 14.0 Å². The summed E-state index contributed by atoms with van der Waals surface area (Å²) >= 11 is 0. The molecule has 0 spiro atoms. The summed E-state index contributed by atoms with van der Waals surface area (Å²) in [5, 5.41) is 10.4. The summed E-state index contributed by atoms with van der Waals surface area (Å²) < 4.78 is 13.5. The molecule has 0 radical (unpaired) electrons. The van der Waals surface area contributed by atoms with Crippen molar-refractivity contribution in [3.63, 3.8) is 0 Å². The molecule has 4 N–H and O–H groups in total. The Morgan fingerprint density at radius 3 is 2.72 bits per heavy atom. The fourth-order valence-corrected chi connectivity index (χ4v) is 2.62. The van der Waals surface area contributed by atoms with Gasteiger partial charge in [0.25, 0.3) is 5.91 Å². The van der Waals surface area contributed by atoms with Crippen LogP contribution < -0.4 is 11.1 Å². The number of hydrogen-bond donors (Lipinski definition) is 3. The number of amides is 2. The molecule has 0 fully saturated rings. The minimum atomic E-state index is -0.783. The number of carbonyl (C=O) groups is 2. The standard InChI is InChI=1S/C18H17FN4O2/c1-9-6-15-14(8-13(9)18(25)21-10(2)17(20)24)16(23-22-15)11-4-3-5-12(19)7-11/h3-8,10H,1-2H3,(H2,20,24)(H,21,25)(H,22,23)/t10-/m0/s1. The van der Waals surface area contributed by atoms with Crippen molar-refractivity contribution in [2.45, 2.75) is 19.9 Å². The van der Waals surface area contributed by atoms with Gasteiger partial charge in [0.2, 0.25) is 5.91 Å². The van der Waals surface area contributed by atoms with Crippen molar-refractivity contribution in [2.75, 3.05) is 0 Å². The maximum atomic E-state index is 13.5. The predicted molar refractivity (Wildman–Crippen MR) is 92.3 cm³/mol. The van der Waals surface area contributed by atoms with Gasteiger partial charge in [-0.15, -0.1) is 0 Å². The molecule has 2 aromatic carbocycles. The third kappa shape index (κ3) is 3.21. The molecule has 25 heavy (non-hydrogen) atoms. The lowest BCUT2D eigenvalue weighted by Gasteiger charge is -2.12. The molecule has 2 amide bonds. The molecule has 0 bridgehead atoms. The van der Waals surface area contributed by atoms with Crippen LogP contribution in [0.4, 0.5) is 4.39 Å². The molecule has 7 heteroatoms. The number of aromatic amines is 1. The Morgan fingerprint density at radius 2 is 2.04 bits per heavy atom. The number of carbonyl (C=O) groups excluding carboxylic acids is 2. The molecular formula is C18H17FN4O2. The number of aromatic nitrogens is 2. The van der Waals surface area contributed by atoms with E-state index in [0.29, 0.717) is 22.2 Å². The Labute approximate surface area is 143 Å². The molecule has 1 atom stereocenters. The summed E-state index contributed by atoms with van der Waals surface area (Å²) in [4.78, 5) is 23.6. The number of nitrogens with two attached hydrogens (primary N) is 1.